The molecule has 0 aliphatic carbocycles. The fourth-order valence-electron chi connectivity index (χ4n) is 2.09. The lowest BCUT2D eigenvalue weighted by molar-refractivity contribution is -0.129. The van der Waals surface area contributed by atoms with Gasteiger partial charge in [0.1, 0.15) is 11.6 Å². The van der Waals surface area contributed by atoms with Crippen molar-refractivity contribution in [1.82, 2.24) is 10.2 Å². The lowest BCUT2D eigenvalue weighted by Gasteiger charge is -2.26. The van der Waals surface area contributed by atoms with Crippen LogP contribution in [0.1, 0.15) is 19.4 Å². The summed E-state index contributed by atoms with van der Waals surface area (Å²) in [7, 11) is 3.05. The molecule has 130 valence electrons. The maximum absolute atomic E-state index is 12.7. The Bertz CT molecular complexity index is 575. The van der Waals surface area contributed by atoms with E-state index in [-0.39, 0.29) is 17.5 Å². The Kier molecular flexibility index (Phi) is 8.55. The highest BCUT2D eigenvalue weighted by molar-refractivity contribution is 5.97. The van der Waals surface area contributed by atoms with Gasteiger partial charge in [0.2, 0.25) is 0 Å². The summed E-state index contributed by atoms with van der Waals surface area (Å²) in [6, 6.07) is 11.6. The van der Waals surface area contributed by atoms with E-state index in [0.29, 0.717) is 13.1 Å². The predicted octanol–water partition coefficient (Wildman–Crippen LogP) is 2.04. The number of amides is 1. The molecule has 0 saturated carbocycles. The number of benzene rings is 1. The SMILES string of the molecule is COC(CN/C=C(/C#N)C(=O)N(Cc1ccccc1)C(C)C)OC. The molecule has 1 aromatic carbocycles. The molecule has 1 aromatic rings. The number of nitrogens with zero attached hydrogens (tertiary/aromatic N) is 2. The van der Waals surface area contributed by atoms with Crippen LogP contribution in [0.5, 0.6) is 0 Å². The largest absolute Gasteiger partial charge is 0.385 e. The molecule has 24 heavy (non-hydrogen) atoms. The van der Waals surface area contributed by atoms with Crippen molar-refractivity contribution in [3.63, 3.8) is 0 Å². The third kappa shape index (κ3) is 6.03. The highest BCUT2D eigenvalue weighted by Gasteiger charge is 2.21. The molecule has 1 N–H and O–H groups in total. The molecule has 0 fully saturated rings. The standard InChI is InChI=1S/C18H25N3O3/c1-14(2)21(13-15-8-6-5-7-9-15)18(22)16(10-19)11-20-12-17(23-3)24-4/h5-9,11,14,17,20H,12-13H2,1-4H3/b16-11-. The first-order valence-electron chi connectivity index (χ1n) is 7.77. The van der Waals surface area contributed by atoms with Gasteiger partial charge in [0, 0.05) is 33.0 Å². The van der Waals surface area contributed by atoms with Gasteiger partial charge in [0.15, 0.2) is 6.29 Å². The fourth-order valence-corrected chi connectivity index (χ4v) is 2.09. The van der Waals surface area contributed by atoms with Crippen LogP contribution in [0.2, 0.25) is 0 Å². The summed E-state index contributed by atoms with van der Waals surface area (Å²) in [4.78, 5) is 14.3. The van der Waals surface area contributed by atoms with E-state index in [2.05, 4.69) is 5.32 Å². The molecule has 0 heterocycles. The van der Waals surface area contributed by atoms with Gasteiger partial charge in [-0.1, -0.05) is 30.3 Å². The molecule has 6 heteroatoms. The second-order valence-corrected chi connectivity index (χ2v) is 5.49. The maximum Gasteiger partial charge on any atom is 0.266 e. The maximum atomic E-state index is 12.7. The Labute approximate surface area is 143 Å². The van der Waals surface area contributed by atoms with E-state index in [9.17, 15) is 10.1 Å². The number of nitrogens with one attached hydrogen (secondary N) is 1. The van der Waals surface area contributed by atoms with Crippen LogP contribution in [0.3, 0.4) is 0 Å². The number of methoxy groups -OCH3 is 2. The van der Waals surface area contributed by atoms with E-state index in [1.54, 1.807) is 4.90 Å². The van der Waals surface area contributed by atoms with Crippen LogP contribution in [0.15, 0.2) is 42.1 Å². The van der Waals surface area contributed by atoms with Crippen molar-refractivity contribution in [3.8, 4) is 6.07 Å². The Balaban J connectivity index is 2.81. The summed E-state index contributed by atoms with van der Waals surface area (Å²) in [6.07, 6.45) is 0.968. The Morgan fingerprint density at radius 2 is 1.92 bits per heavy atom. The molecule has 0 atom stereocenters. The molecule has 1 rings (SSSR count). The first-order chi connectivity index (χ1) is 11.5. The van der Waals surface area contributed by atoms with Crippen LogP contribution in [0.25, 0.3) is 0 Å². The van der Waals surface area contributed by atoms with Crippen molar-refractivity contribution in [2.75, 3.05) is 20.8 Å². The summed E-state index contributed by atoms with van der Waals surface area (Å²) < 4.78 is 10.1. The minimum atomic E-state index is -0.443. The lowest BCUT2D eigenvalue weighted by atomic mass is 10.1. The summed E-state index contributed by atoms with van der Waals surface area (Å²) in [5.41, 5.74) is 1.06. The number of ether oxygens (including phenoxy) is 2. The minimum Gasteiger partial charge on any atom is -0.385 e. The van der Waals surface area contributed by atoms with E-state index < -0.39 is 6.29 Å². The Morgan fingerprint density at radius 3 is 2.42 bits per heavy atom. The second-order valence-electron chi connectivity index (χ2n) is 5.49. The van der Waals surface area contributed by atoms with Crippen molar-refractivity contribution in [1.29, 1.82) is 5.26 Å². The third-order valence-corrected chi connectivity index (χ3v) is 3.49. The summed E-state index contributed by atoms with van der Waals surface area (Å²) in [6.45, 7) is 4.64. The van der Waals surface area contributed by atoms with Crippen molar-refractivity contribution in [2.45, 2.75) is 32.7 Å². The van der Waals surface area contributed by atoms with Crippen molar-refractivity contribution in [3.05, 3.63) is 47.7 Å². The number of carbonyl (C=O) groups is 1. The number of nitriles is 1. The normalized spacial score (nSPS) is 11.5. The molecule has 1 amide bonds. The second kappa shape index (κ2) is 10.4. The summed E-state index contributed by atoms with van der Waals surface area (Å²) >= 11 is 0. The minimum absolute atomic E-state index is 0.0276. The topological polar surface area (TPSA) is 74.6 Å². The molecule has 6 nitrogen and oxygen atoms in total. The molecule has 0 aliphatic heterocycles. The quantitative estimate of drug-likeness (QED) is 0.426. The third-order valence-electron chi connectivity index (χ3n) is 3.49. The molecule has 0 aromatic heterocycles. The van der Waals surface area contributed by atoms with E-state index in [1.165, 1.54) is 20.4 Å². The van der Waals surface area contributed by atoms with Gasteiger partial charge in [0.05, 0.1) is 6.54 Å². The number of hydrogen-bond acceptors (Lipinski definition) is 5. The smallest absolute Gasteiger partial charge is 0.266 e. The Hall–Kier alpha value is -2.36. The van der Waals surface area contributed by atoms with Crippen molar-refractivity contribution < 1.29 is 14.3 Å². The van der Waals surface area contributed by atoms with Crippen LogP contribution >= 0.6 is 0 Å². The molecule has 0 bridgehead atoms. The monoisotopic (exact) mass is 331 g/mol. The summed E-state index contributed by atoms with van der Waals surface area (Å²) in [5, 5.41) is 12.2. The van der Waals surface area contributed by atoms with Crippen molar-refractivity contribution in [2.24, 2.45) is 0 Å². The van der Waals surface area contributed by atoms with Crippen molar-refractivity contribution >= 4 is 5.91 Å². The number of hydrogen-bond donors (Lipinski definition) is 1. The van der Waals surface area contributed by atoms with Crippen LogP contribution in [-0.2, 0) is 20.8 Å². The zero-order chi connectivity index (χ0) is 17.9. The van der Waals surface area contributed by atoms with Gasteiger partial charge in [0.25, 0.3) is 5.91 Å². The first-order valence-corrected chi connectivity index (χ1v) is 7.77. The van der Waals surface area contributed by atoms with E-state index in [1.807, 2.05) is 50.2 Å². The number of carbonyl (C=O) groups excluding carboxylic acids is 1. The van der Waals surface area contributed by atoms with Crippen LogP contribution in [0, 0.1) is 11.3 Å². The van der Waals surface area contributed by atoms with Gasteiger partial charge < -0.3 is 19.7 Å². The molecule has 0 unspecified atom stereocenters. The van der Waals surface area contributed by atoms with E-state index in [4.69, 9.17) is 9.47 Å². The van der Waals surface area contributed by atoms with Crippen LogP contribution in [-0.4, -0.2) is 43.9 Å². The average molecular weight is 331 g/mol. The molecule has 0 aliphatic rings. The van der Waals surface area contributed by atoms with E-state index in [0.717, 1.165) is 5.56 Å². The van der Waals surface area contributed by atoms with E-state index >= 15 is 0 Å². The molecule has 0 saturated heterocycles. The molecular formula is C18H25N3O3. The lowest BCUT2D eigenvalue weighted by Crippen LogP contribution is -2.37. The zero-order valence-corrected chi connectivity index (χ0v) is 14.7. The van der Waals surface area contributed by atoms with Gasteiger partial charge in [-0.15, -0.1) is 0 Å². The first kappa shape index (κ1) is 19.7. The average Bonchev–Trinajstić information content (AvgIpc) is 2.60. The number of rotatable bonds is 9. The van der Waals surface area contributed by atoms with Crippen LogP contribution in [0.4, 0.5) is 0 Å². The van der Waals surface area contributed by atoms with Gasteiger partial charge >= 0.3 is 0 Å². The highest BCUT2D eigenvalue weighted by atomic mass is 16.7. The zero-order valence-electron chi connectivity index (χ0n) is 14.7. The predicted molar refractivity (Wildman–Crippen MR) is 91.6 cm³/mol. The van der Waals surface area contributed by atoms with Gasteiger partial charge in [-0.25, -0.2) is 0 Å². The molecule has 0 radical (unpaired) electrons. The molecule has 0 spiro atoms. The Morgan fingerprint density at radius 1 is 1.29 bits per heavy atom. The van der Waals surface area contributed by atoms with Gasteiger partial charge in [-0.2, -0.15) is 5.26 Å². The fraction of sp³-hybridized carbons (Fsp3) is 0.444. The van der Waals surface area contributed by atoms with Gasteiger partial charge in [-0.3, -0.25) is 4.79 Å². The van der Waals surface area contributed by atoms with Gasteiger partial charge in [-0.05, 0) is 19.4 Å². The highest BCUT2D eigenvalue weighted by Crippen LogP contribution is 2.12. The van der Waals surface area contributed by atoms with Crippen LogP contribution < -0.4 is 5.32 Å². The molecular weight excluding hydrogens is 306 g/mol. The summed E-state index contributed by atoms with van der Waals surface area (Å²) in [5.74, 6) is -0.310.